The monoisotopic (exact) mass is 426 g/mol. The molecule has 29 heavy (non-hydrogen) atoms. The van der Waals surface area contributed by atoms with Gasteiger partial charge < -0.3 is 10.4 Å². The highest BCUT2D eigenvalue weighted by Crippen LogP contribution is 2.44. The zero-order valence-corrected chi connectivity index (χ0v) is 18.8. The first-order chi connectivity index (χ1) is 13.3. The van der Waals surface area contributed by atoms with Crippen molar-refractivity contribution in [2.24, 2.45) is 0 Å². The van der Waals surface area contributed by atoms with E-state index in [1.807, 2.05) is 48.5 Å². The minimum absolute atomic E-state index is 0.168. The molecule has 2 rings (SSSR count). The number of aromatic hydroxyl groups is 1. The summed E-state index contributed by atoms with van der Waals surface area (Å²) in [5, 5.41) is 13.5. The van der Waals surface area contributed by atoms with Crippen LogP contribution in [0.1, 0.15) is 66.0 Å². The van der Waals surface area contributed by atoms with Crippen molar-refractivity contribution in [3.05, 3.63) is 40.8 Å². The number of nitrogens with one attached hydrogen (secondary N) is 1. The lowest BCUT2D eigenvalue weighted by molar-refractivity contribution is 0.422. The number of phenols is 1. The number of hydrogen-bond donors (Lipinski definition) is 2. The molecule has 0 spiro atoms. The molecule has 2 N–H and O–H groups in total. The Morgan fingerprint density at radius 3 is 1.93 bits per heavy atom. The fourth-order valence-corrected chi connectivity index (χ4v) is 3.82. The van der Waals surface area contributed by atoms with Crippen LogP contribution < -0.4 is 5.32 Å². The molecular weight excluding hydrogens is 397 g/mol. The summed E-state index contributed by atoms with van der Waals surface area (Å²) in [6, 6.07) is 3.40. The maximum Gasteiger partial charge on any atom is 0.252 e. The highest BCUT2D eigenvalue weighted by atomic mass is 32.2. The Morgan fingerprint density at radius 2 is 1.48 bits per heavy atom. The minimum atomic E-state index is -1.35. The lowest BCUT2D eigenvalue weighted by Gasteiger charge is -2.28. The van der Waals surface area contributed by atoms with E-state index in [-0.39, 0.29) is 11.6 Å². The Labute approximate surface area is 175 Å². The lowest BCUT2D eigenvalue weighted by atomic mass is 9.79. The lowest BCUT2D eigenvalue weighted by Crippen LogP contribution is -2.17. The number of benzene rings is 1. The van der Waals surface area contributed by atoms with E-state index in [1.54, 1.807) is 12.1 Å². The van der Waals surface area contributed by atoms with Gasteiger partial charge in [0.1, 0.15) is 5.75 Å². The summed E-state index contributed by atoms with van der Waals surface area (Å²) in [6.45, 7) is 13.9. The van der Waals surface area contributed by atoms with Crippen LogP contribution in [0.25, 0.3) is 0 Å². The molecule has 1 heterocycles. The van der Waals surface area contributed by atoms with Gasteiger partial charge in [0.05, 0.1) is 4.90 Å². The van der Waals surface area contributed by atoms with Crippen LogP contribution >= 0.6 is 11.8 Å². The van der Waals surface area contributed by atoms with Crippen molar-refractivity contribution < 1.29 is 18.3 Å². The fraction of sp³-hybridized carbons (Fsp3) is 0.500. The molecule has 2 aromatic rings. The number of hydrogen-bond acceptors (Lipinski definition) is 4. The number of phenolic OH excluding ortho intramolecular Hbond substituents is 1. The fourth-order valence-electron chi connectivity index (χ4n) is 2.87. The van der Waals surface area contributed by atoms with Gasteiger partial charge in [-0.2, -0.15) is 9.37 Å². The van der Waals surface area contributed by atoms with Crippen molar-refractivity contribution in [3.63, 3.8) is 0 Å². The van der Waals surface area contributed by atoms with Crippen LogP contribution in [0.15, 0.2) is 21.9 Å². The normalized spacial score (nSPS) is 12.3. The van der Waals surface area contributed by atoms with E-state index in [0.717, 1.165) is 11.8 Å². The first kappa shape index (κ1) is 23.4. The molecule has 0 aliphatic carbocycles. The van der Waals surface area contributed by atoms with Gasteiger partial charge in [0, 0.05) is 22.6 Å². The van der Waals surface area contributed by atoms with Crippen LogP contribution in [0.5, 0.6) is 5.75 Å². The molecule has 0 fully saturated rings. The predicted molar refractivity (Wildman–Crippen MR) is 113 cm³/mol. The van der Waals surface area contributed by atoms with Gasteiger partial charge in [0.15, 0.2) is 17.5 Å². The Kier molecular flexibility index (Phi) is 6.82. The van der Waals surface area contributed by atoms with Gasteiger partial charge in [-0.1, -0.05) is 60.2 Å². The van der Waals surface area contributed by atoms with Gasteiger partial charge in [0.2, 0.25) is 0 Å². The van der Waals surface area contributed by atoms with Gasteiger partial charge in [0.25, 0.3) is 5.95 Å². The summed E-state index contributed by atoms with van der Waals surface area (Å²) in [6.07, 6.45) is 0.685. The quantitative estimate of drug-likeness (QED) is 0.518. The molecular formula is C22H29F3N2OS. The van der Waals surface area contributed by atoms with E-state index < -0.39 is 33.3 Å². The predicted octanol–water partition coefficient (Wildman–Crippen LogP) is 6.77. The van der Waals surface area contributed by atoms with E-state index in [1.165, 1.54) is 0 Å². The maximum absolute atomic E-state index is 14.9. The second-order valence-electron chi connectivity index (χ2n) is 9.10. The molecule has 0 saturated carbocycles. The van der Waals surface area contributed by atoms with E-state index >= 15 is 0 Å². The van der Waals surface area contributed by atoms with Crippen LogP contribution in [0.3, 0.4) is 0 Å². The first-order valence-corrected chi connectivity index (χ1v) is 10.4. The second kappa shape index (κ2) is 8.46. The standard InChI is InChI=1S/C22H29F3N2OS/c1-8-9-26-20-16(24)18(15(23)19(25)27-20)29-12-10-13(21(2,3)4)17(28)14(11-12)22(5,6)7/h10-11,28H,8-9H2,1-7H3,(H,26,27). The molecule has 0 radical (unpaired) electrons. The highest BCUT2D eigenvalue weighted by molar-refractivity contribution is 7.99. The third kappa shape index (κ3) is 5.18. The smallest absolute Gasteiger partial charge is 0.252 e. The zero-order valence-electron chi connectivity index (χ0n) is 18.0. The molecule has 0 aliphatic heterocycles. The van der Waals surface area contributed by atoms with Crippen LogP contribution in [0.4, 0.5) is 19.0 Å². The summed E-state index contributed by atoms with van der Waals surface area (Å²) in [5.41, 5.74) is 0.531. The molecule has 0 aliphatic rings. The van der Waals surface area contributed by atoms with Crippen LogP contribution in [-0.4, -0.2) is 16.6 Å². The Bertz CT molecular complexity index is 867. The molecule has 0 bridgehead atoms. The number of anilines is 1. The number of nitrogens with zero attached hydrogens (tertiary/aromatic N) is 1. The number of aromatic nitrogens is 1. The summed E-state index contributed by atoms with van der Waals surface area (Å²) in [4.78, 5) is 3.42. The van der Waals surface area contributed by atoms with Crippen molar-refractivity contribution >= 4 is 17.6 Å². The Morgan fingerprint density at radius 1 is 0.966 bits per heavy atom. The Hall–Kier alpha value is -1.89. The van der Waals surface area contributed by atoms with Gasteiger partial charge in [-0.25, -0.2) is 8.78 Å². The summed E-state index contributed by atoms with van der Waals surface area (Å²) in [7, 11) is 0. The zero-order chi connectivity index (χ0) is 22.1. The largest absolute Gasteiger partial charge is 0.507 e. The molecule has 0 unspecified atom stereocenters. The van der Waals surface area contributed by atoms with Gasteiger partial charge >= 0.3 is 0 Å². The molecule has 0 atom stereocenters. The minimum Gasteiger partial charge on any atom is -0.507 e. The molecule has 160 valence electrons. The maximum atomic E-state index is 14.9. The number of halogens is 3. The van der Waals surface area contributed by atoms with Crippen LogP contribution in [0, 0.1) is 17.6 Å². The average Bonchev–Trinajstić information content (AvgIpc) is 2.59. The molecule has 0 amide bonds. The van der Waals surface area contributed by atoms with Crippen molar-refractivity contribution in [3.8, 4) is 5.75 Å². The number of rotatable bonds is 5. The molecule has 3 nitrogen and oxygen atoms in total. The van der Waals surface area contributed by atoms with E-state index in [4.69, 9.17) is 0 Å². The molecule has 0 saturated heterocycles. The van der Waals surface area contributed by atoms with Gasteiger partial charge in [-0.3, -0.25) is 0 Å². The van der Waals surface area contributed by atoms with Crippen LogP contribution in [-0.2, 0) is 10.8 Å². The SMILES string of the molecule is CCCNc1nc(F)c(F)c(Sc2cc(C(C)(C)C)c(O)c(C(C)(C)C)c2)c1F. The molecule has 1 aromatic carbocycles. The van der Waals surface area contributed by atoms with E-state index in [0.29, 0.717) is 29.0 Å². The van der Waals surface area contributed by atoms with Crippen molar-refractivity contribution in [2.45, 2.75) is 75.5 Å². The second-order valence-corrected chi connectivity index (χ2v) is 10.2. The van der Waals surface area contributed by atoms with Gasteiger partial charge in [-0.15, -0.1) is 0 Å². The summed E-state index contributed by atoms with van der Waals surface area (Å²) >= 11 is 0.791. The first-order valence-electron chi connectivity index (χ1n) is 9.61. The van der Waals surface area contributed by atoms with Crippen molar-refractivity contribution in [1.82, 2.24) is 4.98 Å². The van der Waals surface area contributed by atoms with Crippen molar-refractivity contribution in [2.75, 3.05) is 11.9 Å². The summed E-state index contributed by atoms with van der Waals surface area (Å²) < 4.78 is 43.3. The topological polar surface area (TPSA) is 45.2 Å². The van der Waals surface area contributed by atoms with E-state index in [9.17, 15) is 18.3 Å². The number of pyridine rings is 1. The molecule has 7 heteroatoms. The van der Waals surface area contributed by atoms with Crippen LogP contribution in [0.2, 0.25) is 0 Å². The Balaban J connectivity index is 2.64. The van der Waals surface area contributed by atoms with Crippen molar-refractivity contribution in [1.29, 1.82) is 0 Å². The average molecular weight is 427 g/mol. The summed E-state index contributed by atoms with van der Waals surface area (Å²) in [5.74, 6) is -3.73. The van der Waals surface area contributed by atoms with Gasteiger partial charge in [-0.05, 0) is 29.4 Å². The van der Waals surface area contributed by atoms with E-state index in [2.05, 4.69) is 10.3 Å². The third-order valence-corrected chi connectivity index (χ3v) is 5.49. The highest BCUT2D eigenvalue weighted by Gasteiger charge is 2.28. The molecule has 1 aromatic heterocycles. The third-order valence-electron chi connectivity index (χ3n) is 4.46.